The summed E-state index contributed by atoms with van der Waals surface area (Å²) in [7, 11) is 0.927. The fourth-order valence-corrected chi connectivity index (χ4v) is 6.77. The molecule has 13 heteroatoms. The van der Waals surface area contributed by atoms with Crippen LogP contribution in [0.3, 0.4) is 0 Å². The third-order valence-corrected chi connectivity index (χ3v) is 11.0. The largest absolute Gasteiger partial charge is 0.756 e. The van der Waals surface area contributed by atoms with Gasteiger partial charge in [-0.25, -0.2) is 0 Å². The number of phosphoric acid groups is 1. The van der Waals surface area contributed by atoms with Crippen LogP contribution < -0.4 is 4.89 Å². The first-order chi connectivity index (χ1) is 30.7. The second-order valence-electron chi connectivity index (χ2n) is 17.3. The molecule has 0 radical (unpaired) electrons. The van der Waals surface area contributed by atoms with E-state index in [1.165, 1.54) is 38.2 Å². The Morgan fingerprint density at radius 2 is 1.14 bits per heavy atom. The number of rotatable bonds is 42. The van der Waals surface area contributed by atoms with Crippen LogP contribution in [-0.4, -0.2) is 104 Å². The molecule has 368 valence electrons. The molecule has 0 aromatic heterocycles. The van der Waals surface area contributed by atoms with Crippen molar-refractivity contribution in [2.45, 2.75) is 180 Å². The third-order valence-electron chi connectivity index (χ3n) is 10.0. The Kier molecular flexibility index (Phi) is 39.6. The van der Waals surface area contributed by atoms with Crippen molar-refractivity contribution in [1.29, 1.82) is 0 Å². The van der Waals surface area contributed by atoms with Gasteiger partial charge in [0.25, 0.3) is 7.82 Å². The number of nitrogens with zero attached hydrogens (tertiary/aromatic N) is 1. The summed E-state index contributed by atoms with van der Waals surface area (Å²) in [6.07, 6.45) is 42.6. The van der Waals surface area contributed by atoms with Crippen molar-refractivity contribution in [3.8, 4) is 0 Å². The van der Waals surface area contributed by atoms with Crippen LogP contribution in [0.5, 0.6) is 0 Å². The molecule has 0 saturated heterocycles. The van der Waals surface area contributed by atoms with Gasteiger partial charge < -0.3 is 43.2 Å². The predicted octanol–water partition coefficient (Wildman–Crippen LogP) is 10.2. The predicted molar refractivity (Wildman–Crippen MR) is 258 cm³/mol. The molecule has 0 saturated carbocycles. The molecule has 0 fully saturated rings. The van der Waals surface area contributed by atoms with Gasteiger partial charge in [0.15, 0.2) is 6.10 Å². The normalized spacial score (nSPS) is 15.7. The number of carbonyl (C=O) groups excluding carboxylic acids is 2. The molecular formula is C51H88NO11P. The third kappa shape index (κ3) is 43.0. The Balaban J connectivity index is 4.65. The van der Waals surface area contributed by atoms with Gasteiger partial charge in [0.1, 0.15) is 19.8 Å². The van der Waals surface area contributed by atoms with Crippen LogP contribution in [0.25, 0.3) is 0 Å². The van der Waals surface area contributed by atoms with Crippen molar-refractivity contribution in [3.05, 3.63) is 85.1 Å². The van der Waals surface area contributed by atoms with Crippen LogP contribution in [0.15, 0.2) is 85.1 Å². The van der Waals surface area contributed by atoms with Gasteiger partial charge >= 0.3 is 11.9 Å². The zero-order valence-corrected chi connectivity index (χ0v) is 41.2. The standard InChI is InChI=1S/C51H88NO11P/c1-6-8-10-11-12-13-14-15-16-17-18-19-20-21-22-23-24-25-30-34-40-50(56)60-44-47(45-62-64(58,59)61-43-42-52(3,4)5)63-51(57)41-35-39-49(55)48(54)38-33-29-27-26-28-32-37-46(53)36-31-9-7-2/h13-14,16-17,19-20,26-29,32-33,37-38,46-49,53-55H,6-12,15,18,21-25,30-31,34-36,39-45H2,1-5H3/b14-13-,17-16-,20-19-,28-26-,29-27+,37-32+,38-33+/t46-,47+,48-,49-/m0/s1. The highest BCUT2D eigenvalue weighted by molar-refractivity contribution is 7.45. The van der Waals surface area contributed by atoms with E-state index in [-0.39, 0.29) is 32.3 Å². The van der Waals surface area contributed by atoms with E-state index < -0.39 is 57.4 Å². The molecule has 0 aromatic carbocycles. The lowest BCUT2D eigenvalue weighted by Gasteiger charge is -2.28. The number of carbonyl (C=O) groups is 2. The molecule has 0 aliphatic rings. The molecule has 64 heavy (non-hydrogen) atoms. The lowest BCUT2D eigenvalue weighted by Crippen LogP contribution is -2.37. The summed E-state index contributed by atoms with van der Waals surface area (Å²) < 4.78 is 33.7. The molecule has 12 nitrogen and oxygen atoms in total. The Bertz CT molecular complexity index is 1420. The van der Waals surface area contributed by atoms with Crippen molar-refractivity contribution in [2.75, 3.05) is 47.5 Å². The molecule has 0 bridgehead atoms. The molecule has 5 atom stereocenters. The number of unbranched alkanes of at least 4 members (excludes halogenated alkanes) is 12. The fourth-order valence-electron chi connectivity index (χ4n) is 6.04. The highest BCUT2D eigenvalue weighted by atomic mass is 31.2. The first-order valence-electron chi connectivity index (χ1n) is 24.1. The topological polar surface area (TPSA) is 172 Å². The summed E-state index contributed by atoms with van der Waals surface area (Å²) in [6, 6.07) is 0. The molecule has 0 rings (SSSR count). The van der Waals surface area contributed by atoms with Crippen molar-refractivity contribution in [1.82, 2.24) is 0 Å². The van der Waals surface area contributed by atoms with Gasteiger partial charge in [0.2, 0.25) is 0 Å². The molecule has 1 unspecified atom stereocenters. The van der Waals surface area contributed by atoms with Gasteiger partial charge in [-0.15, -0.1) is 0 Å². The SMILES string of the molecule is CCCCCC/C=C\C/C=C\C/C=C\CCCCCCCCC(=O)OC[C@H](COP(=O)([O-])OCC[N+](C)(C)C)OC(=O)CCC[C@H](O)[C@@H](O)/C=C/C=C/C=C\C=C\[C@@H](O)CCCCC. The van der Waals surface area contributed by atoms with Gasteiger partial charge in [-0.3, -0.25) is 14.2 Å². The lowest BCUT2D eigenvalue weighted by molar-refractivity contribution is -0.870. The molecule has 0 spiro atoms. The molecule has 0 aliphatic heterocycles. The van der Waals surface area contributed by atoms with Crippen LogP contribution in [0.4, 0.5) is 0 Å². The summed E-state index contributed by atoms with van der Waals surface area (Å²) in [4.78, 5) is 37.7. The van der Waals surface area contributed by atoms with Crippen LogP contribution >= 0.6 is 7.82 Å². The number of aliphatic hydroxyl groups is 3. The molecule has 0 aromatic rings. The average molecular weight is 922 g/mol. The van der Waals surface area contributed by atoms with E-state index >= 15 is 0 Å². The van der Waals surface area contributed by atoms with Gasteiger partial charge in [-0.05, 0) is 64.2 Å². The first kappa shape index (κ1) is 61.1. The van der Waals surface area contributed by atoms with E-state index in [9.17, 15) is 34.4 Å². The second-order valence-corrected chi connectivity index (χ2v) is 18.7. The Morgan fingerprint density at radius 3 is 1.77 bits per heavy atom. The quantitative estimate of drug-likeness (QED) is 0.0133. The number of phosphoric ester groups is 1. The minimum absolute atomic E-state index is 0.0916. The number of hydrogen-bond acceptors (Lipinski definition) is 11. The molecule has 3 N–H and O–H groups in total. The zero-order valence-electron chi connectivity index (χ0n) is 40.3. The molecule has 0 amide bonds. The Hall–Kier alpha value is -2.93. The minimum atomic E-state index is -4.74. The smallest absolute Gasteiger partial charge is 0.306 e. The van der Waals surface area contributed by atoms with Crippen LogP contribution in [0, 0.1) is 0 Å². The lowest BCUT2D eigenvalue weighted by atomic mass is 10.1. The summed E-state index contributed by atoms with van der Waals surface area (Å²) >= 11 is 0. The van der Waals surface area contributed by atoms with Gasteiger partial charge in [-0.2, -0.15) is 0 Å². The van der Waals surface area contributed by atoms with E-state index in [0.717, 1.165) is 77.0 Å². The number of ether oxygens (including phenoxy) is 2. The average Bonchev–Trinajstić information content (AvgIpc) is 3.24. The van der Waals surface area contributed by atoms with E-state index in [1.807, 2.05) is 21.1 Å². The number of likely N-dealkylation sites (N-methyl/N-ethyl adjacent to an activating group) is 1. The number of allylic oxidation sites excluding steroid dienone is 12. The van der Waals surface area contributed by atoms with Crippen molar-refractivity contribution >= 4 is 19.8 Å². The molecule has 0 aliphatic carbocycles. The monoisotopic (exact) mass is 922 g/mol. The summed E-state index contributed by atoms with van der Waals surface area (Å²) in [6.45, 7) is 3.67. The Labute approximate surface area is 388 Å². The Morgan fingerprint density at radius 1 is 0.609 bits per heavy atom. The highest BCUT2D eigenvalue weighted by Crippen LogP contribution is 2.38. The summed E-state index contributed by atoms with van der Waals surface area (Å²) in [5.74, 6) is -1.19. The number of aliphatic hydroxyl groups excluding tert-OH is 3. The summed E-state index contributed by atoms with van der Waals surface area (Å²) in [5, 5.41) is 30.6. The highest BCUT2D eigenvalue weighted by Gasteiger charge is 2.22. The number of quaternary nitrogens is 1. The molecular weight excluding hydrogens is 834 g/mol. The van der Waals surface area contributed by atoms with Crippen LogP contribution in [-0.2, 0) is 32.7 Å². The maximum Gasteiger partial charge on any atom is 0.306 e. The number of esters is 2. The van der Waals surface area contributed by atoms with E-state index in [2.05, 4.69) is 50.3 Å². The maximum absolute atomic E-state index is 12.7. The van der Waals surface area contributed by atoms with Crippen molar-refractivity contribution in [2.24, 2.45) is 0 Å². The minimum Gasteiger partial charge on any atom is -0.756 e. The molecule has 0 heterocycles. The van der Waals surface area contributed by atoms with E-state index in [0.29, 0.717) is 17.4 Å². The maximum atomic E-state index is 12.7. The van der Waals surface area contributed by atoms with Crippen molar-refractivity contribution < 1.29 is 57.4 Å². The van der Waals surface area contributed by atoms with Crippen LogP contribution in [0.2, 0.25) is 0 Å². The van der Waals surface area contributed by atoms with Gasteiger partial charge in [0.05, 0.1) is 46.1 Å². The number of hydrogen-bond donors (Lipinski definition) is 3. The van der Waals surface area contributed by atoms with Gasteiger partial charge in [0, 0.05) is 12.8 Å². The zero-order chi connectivity index (χ0) is 47.6. The van der Waals surface area contributed by atoms with Gasteiger partial charge in [-0.1, -0.05) is 163 Å². The second kappa shape index (κ2) is 41.5. The van der Waals surface area contributed by atoms with Crippen molar-refractivity contribution in [3.63, 3.8) is 0 Å². The fraction of sp³-hybridized carbons (Fsp3) is 0.686. The summed E-state index contributed by atoms with van der Waals surface area (Å²) in [5.41, 5.74) is 0. The van der Waals surface area contributed by atoms with E-state index in [4.69, 9.17) is 18.5 Å². The first-order valence-corrected chi connectivity index (χ1v) is 25.6. The van der Waals surface area contributed by atoms with E-state index in [1.54, 1.807) is 42.5 Å². The van der Waals surface area contributed by atoms with Crippen LogP contribution in [0.1, 0.15) is 155 Å².